The Labute approximate surface area is 157 Å². The van der Waals surface area contributed by atoms with Crippen molar-refractivity contribution >= 4 is 23.6 Å². The van der Waals surface area contributed by atoms with Crippen LogP contribution < -0.4 is 5.32 Å². The highest BCUT2D eigenvalue weighted by Crippen LogP contribution is 2.23. The van der Waals surface area contributed by atoms with Crippen molar-refractivity contribution in [1.82, 2.24) is 5.32 Å². The zero-order chi connectivity index (χ0) is 18.9. The van der Waals surface area contributed by atoms with Crippen LogP contribution >= 0.6 is 11.8 Å². The molecular formula is C20H22FNO3S. The molecule has 0 spiro atoms. The molecule has 2 rings (SSSR count). The third-order valence-corrected chi connectivity index (χ3v) is 4.86. The van der Waals surface area contributed by atoms with Gasteiger partial charge in [0.15, 0.2) is 6.61 Å². The number of benzene rings is 2. The topological polar surface area (TPSA) is 55.4 Å². The molecule has 0 aromatic heterocycles. The monoisotopic (exact) mass is 375 g/mol. The van der Waals surface area contributed by atoms with Gasteiger partial charge < -0.3 is 10.1 Å². The van der Waals surface area contributed by atoms with Gasteiger partial charge in [0, 0.05) is 11.4 Å². The van der Waals surface area contributed by atoms with Gasteiger partial charge >= 0.3 is 5.97 Å². The molecule has 0 fully saturated rings. The Hall–Kier alpha value is -2.34. The number of carbonyl (C=O) groups is 2. The van der Waals surface area contributed by atoms with E-state index in [1.54, 1.807) is 18.2 Å². The van der Waals surface area contributed by atoms with E-state index in [1.807, 2.05) is 26.0 Å². The van der Waals surface area contributed by atoms with Crippen LogP contribution in [0, 0.1) is 19.7 Å². The molecular weight excluding hydrogens is 353 g/mol. The molecule has 4 nitrogen and oxygen atoms in total. The van der Waals surface area contributed by atoms with Crippen molar-refractivity contribution in [2.45, 2.75) is 25.2 Å². The van der Waals surface area contributed by atoms with Crippen molar-refractivity contribution < 1.29 is 18.7 Å². The average Bonchev–Trinajstić information content (AvgIpc) is 2.61. The number of nitrogens with one attached hydrogen (secondary N) is 1. The second kappa shape index (κ2) is 9.97. The molecule has 0 aliphatic rings. The molecule has 0 aliphatic heterocycles. The van der Waals surface area contributed by atoms with Crippen LogP contribution in [-0.4, -0.2) is 30.8 Å². The lowest BCUT2D eigenvalue weighted by Gasteiger charge is -2.08. The predicted octanol–water partition coefficient (Wildman–Crippen LogP) is 3.44. The summed E-state index contributed by atoms with van der Waals surface area (Å²) in [6.07, 6.45) is 0.384. The van der Waals surface area contributed by atoms with Crippen LogP contribution in [0.2, 0.25) is 0 Å². The van der Waals surface area contributed by atoms with Crippen LogP contribution in [0.5, 0.6) is 0 Å². The Balaban J connectivity index is 1.65. The van der Waals surface area contributed by atoms with Gasteiger partial charge in [-0.05, 0) is 43.5 Å². The third-order valence-electron chi connectivity index (χ3n) is 3.71. The third kappa shape index (κ3) is 6.52. The van der Waals surface area contributed by atoms with Gasteiger partial charge in [0.2, 0.25) is 0 Å². The SMILES string of the molecule is Cc1ccc(SCC(=O)OCC(=O)NCCc2ccccc2F)c(C)c1. The minimum Gasteiger partial charge on any atom is -0.455 e. The number of esters is 1. The van der Waals surface area contributed by atoms with E-state index in [4.69, 9.17) is 4.74 Å². The van der Waals surface area contributed by atoms with Crippen molar-refractivity contribution in [2.75, 3.05) is 18.9 Å². The Morgan fingerprint density at radius 1 is 1.15 bits per heavy atom. The number of halogens is 1. The normalized spacial score (nSPS) is 10.4. The van der Waals surface area contributed by atoms with Crippen molar-refractivity contribution in [2.24, 2.45) is 0 Å². The molecule has 1 N–H and O–H groups in total. The number of amides is 1. The fourth-order valence-electron chi connectivity index (χ4n) is 2.37. The lowest BCUT2D eigenvalue weighted by atomic mass is 10.1. The molecule has 0 heterocycles. The Kier molecular flexibility index (Phi) is 7.66. The van der Waals surface area contributed by atoms with E-state index in [1.165, 1.54) is 23.4 Å². The van der Waals surface area contributed by atoms with Gasteiger partial charge in [-0.15, -0.1) is 11.8 Å². The Bertz CT molecular complexity index is 779. The molecule has 0 radical (unpaired) electrons. The van der Waals surface area contributed by atoms with Crippen LogP contribution in [0.3, 0.4) is 0 Å². The van der Waals surface area contributed by atoms with Crippen molar-refractivity contribution in [3.63, 3.8) is 0 Å². The average molecular weight is 375 g/mol. The van der Waals surface area contributed by atoms with Gasteiger partial charge in [0.05, 0.1) is 5.75 Å². The predicted molar refractivity (Wildman–Crippen MR) is 101 cm³/mol. The highest BCUT2D eigenvalue weighted by molar-refractivity contribution is 8.00. The minimum absolute atomic E-state index is 0.145. The van der Waals surface area contributed by atoms with Gasteiger partial charge in [-0.2, -0.15) is 0 Å². The Morgan fingerprint density at radius 3 is 2.65 bits per heavy atom. The first-order chi connectivity index (χ1) is 12.5. The van der Waals surface area contributed by atoms with E-state index in [-0.39, 0.29) is 24.7 Å². The molecule has 26 heavy (non-hydrogen) atoms. The number of thioether (sulfide) groups is 1. The van der Waals surface area contributed by atoms with Gasteiger partial charge in [0.1, 0.15) is 5.82 Å². The van der Waals surface area contributed by atoms with E-state index in [9.17, 15) is 14.0 Å². The second-order valence-corrected chi connectivity index (χ2v) is 6.93. The molecule has 0 bridgehead atoms. The van der Waals surface area contributed by atoms with Crippen molar-refractivity contribution in [3.8, 4) is 0 Å². The molecule has 0 atom stereocenters. The lowest BCUT2D eigenvalue weighted by Crippen LogP contribution is -2.30. The highest BCUT2D eigenvalue weighted by atomic mass is 32.2. The summed E-state index contributed by atoms with van der Waals surface area (Å²) in [5, 5.41) is 2.61. The number of rotatable bonds is 8. The molecule has 0 saturated carbocycles. The van der Waals surface area contributed by atoms with E-state index < -0.39 is 11.9 Å². The van der Waals surface area contributed by atoms with Crippen LogP contribution in [-0.2, 0) is 20.7 Å². The minimum atomic E-state index is -0.445. The summed E-state index contributed by atoms with van der Waals surface area (Å²) < 4.78 is 18.4. The maximum absolute atomic E-state index is 13.5. The zero-order valence-corrected chi connectivity index (χ0v) is 15.7. The van der Waals surface area contributed by atoms with E-state index >= 15 is 0 Å². The fourth-order valence-corrected chi connectivity index (χ4v) is 3.18. The molecule has 6 heteroatoms. The molecule has 2 aromatic rings. The molecule has 1 amide bonds. The number of ether oxygens (including phenoxy) is 1. The molecule has 138 valence electrons. The summed E-state index contributed by atoms with van der Waals surface area (Å²) in [5.41, 5.74) is 2.81. The highest BCUT2D eigenvalue weighted by Gasteiger charge is 2.09. The number of carbonyl (C=O) groups excluding carboxylic acids is 2. The van der Waals surface area contributed by atoms with Gasteiger partial charge in [-0.3, -0.25) is 9.59 Å². The smallest absolute Gasteiger partial charge is 0.316 e. The van der Waals surface area contributed by atoms with Crippen LogP contribution in [0.15, 0.2) is 47.4 Å². The van der Waals surface area contributed by atoms with E-state index in [2.05, 4.69) is 11.4 Å². The first-order valence-electron chi connectivity index (χ1n) is 8.31. The second-order valence-electron chi connectivity index (χ2n) is 5.91. The summed E-state index contributed by atoms with van der Waals surface area (Å²) in [6.45, 7) is 3.96. The number of aryl methyl sites for hydroxylation is 2. The maximum atomic E-state index is 13.5. The zero-order valence-electron chi connectivity index (χ0n) is 14.9. The summed E-state index contributed by atoms with van der Waals surface area (Å²) >= 11 is 1.38. The lowest BCUT2D eigenvalue weighted by molar-refractivity contribution is -0.145. The molecule has 2 aromatic carbocycles. The van der Waals surface area contributed by atoms with Gasteiger partial charge in [-0.1, -0.05) is 35.9 Å². The summed E-state index contributed by atoms with van der Waals surface area (Å²) in [5.74, 6) is -0.992. The van der Waals surface area contributed by atoms with E-state index in [0.29, 0.717) is 12.0 Å². The fraction of sp³-hybridized carbons (Fsp3) is 0.300. The number of hydrogen-bond donors (Lipinski definition) is 1. The molecule has 0 unspecified atom stereocenters. The quantitative estimate of drug-likeness (QED) is 0.567. The van der Waals surface area contributed by atoms with Crippen LogP contribution in [0.25, 0.3) is 0 Å². The Morgan fingerprint density at radius 2 is 1.92 bits per heavy atom. The molecule has 0 saturated heterocycles. The molecule has 0 aliphatic carbocycles. The van der Waals surface area contributed by atoms with Gasteiger partial charge in [0.25, 0.3) is 5.91 Å². The van der Waals surface area contributed by atoms with Gasteiger partial charge in [-0.25, -0.2) is 4.39 Å². The number of hydrogen-bond acceptors (Lipinski definition) is 4. The van der Waals surface area contributed by atoms with Crippen LogP contribution in [0.1, 0.15) is 16.7 Å². The standard InChI is InChI=1S/C20H22FNO3S/c1-14-7-8-18(15(2)11-14)26-13-20(24)25-12-19(23)22-10-9-16-5-3-4-6-17(16)21/h3-8,11H,9-10,12-13H2,1-2H3,(H,22,23). The van der Waals surface area contributed by atoms with E-state index in [0.717, 1.165) is 10.5 Å². The summed E-state index contributed by atoms with van der Waals surface area (Å²) in [7, 11) is 0. The van der Waals surface area contributed by atoms with Crippen LogP contribution in [0.4, 0.5) is 4.39 Å². The first kappa shape index (κ1) is 20.0. The largest absolute Gasteiger partial charge is 0.455 e. The van der Waals surface area contributed by atoms with Crippen molar-refractivity contribution in [1.29, 1.82) is 0 Å². The first-order valence-corrected chi connectivity index (χ1v) is 9.30. The maximum Gasteiger partial charge on any atom is 0.316 e. The summed E-state index contributed by atoms with van der Waals surface area (Å²) in [4.78, 5) is 24.5. The summed E-state index contributed by atoms with van der Waals surface area (Å²) in [6, 6.07) is 12.4. The van der Waals surface area contributed by atoms with Crippen molar-refractivity contribution in [3.05, 3.63) is 65.0 Å².